The highest BCUT2D eigenvalue weighted by Gasteiger charge is 2.21. The van der Waals surface area contributed by atoms with Crippen molar-refractivity contribution in [3.8, 4) is 23.0 Å². The molecule has 4 N–H and O–H groups in total. The molecule has 0 atom stereocenters. The van der Waals surface area contributed by atoms with E-state index in [4.69, 9.17) is 9.84 Å². The van der Waals surface area contributed by atoms with Crippen molar-refractivity contribution in [1.29, 1.82) is 0 Å². The summed E-state index contributed by atoms with van der Waals surface area (Å²) in [6.07, 6.45) is 0. The Hall–Kier alpha value is -4.02. The molecule has 0 bridgehead atoms. The van der Waals surface area contributed by atoms with Crippen LogP contribution in [0.15, 0.2) is 34.6 Å². The Morgan fingerprint density at radius 3 is 2.08 bits per heavy atom. The average Bonchev–Trinajstić information content (AvgIpc) is 2.57. The van der Waals surface area contributed by atoms with Gasteiger partial charge < -0.3 is 25.2 Å². The lowest BCUT2D eigenvalue weighted by Crippen LogP contribution is -2.09. The molecule has 2 aromatic rings. The summed E-state index contributed by atoms with van der Waals surface area (Å²) >= 11 is 0. The molecule has 0 saturated carbocycles. The second-order valence-corrected chi connectivity index (χ2v) is 4.58. The third kappa shape index (κ3) is 3.34. The van der Waals surface area contributed by atoms with Crippen LogP contribution in [0, 0.1) is 9.81 Å². The number of carbonyl (C=O) groups excluding carboxylic acids is 1. The first-order valence-electron chi connectivity index (χ1n) is 6.33. The van der Waals surface area contributed by atoms with E-state index in [1.807, 2.05) is 0 Å². The van der Waals surface area contributed by atoms with Crippen molar-refractivity contribution in [3.63, 3.8) is 0 Å². The van der Waals surface area contributed by atoms with Gasteiger partial charge in [0.25, 0.3) is 0 Å². The number of esters is 1. The van der Waals surface area contributed by atoms with Crippen molar-refractivity contribution in [1.82, 2.24) is 0 Å². The summed E-state index contributed by atoms with van der Waals surface area (Å²) in [5.41, 5.74) is -2.23. The molecule has 11 heteroatoms. The number of aromatic carboxylic acids is 1. The fourth-order valence-corrected chi connectivity index (χ4v) is 1.84. The summed E-state index contributed by atoms with van der Waals surface area (Å²) in [6, 6.07) is 3.06. The van der Waals surface area contributed by atoms with Gasteiger partial charge in [0.05, 0.1) is 11.1 Å². The molecule has 0 radical (unpaired) electrons. The van der Waals surface area contributed by atoms with Crippen molar-refractivity contribution in [2.45, 2.75) is 0 Å². The predicted octanol–water partition coefficient (Wildman–Crippen LogP) is 2.52. The maximum atomic E-state index is 12.1. The van der Waals surface area contributed by atoms with E-state index >= 15 is 0 Å². The van der Waals surface area contributed by atoms with Crippen LogP contribution in [0.2, 0.25) is 0 Å². The van der Waals surface area contributed by atoms with Gasteiger partial charge in [-0.3, -0.25) is 0 Å². The second-order valence-electron chi connectivity index (χ2n) is 4.58. The maximum absolute atomic E-state index is 12.1. The number of carbonyl (C=O) groups is 2. The highest BCUT2D eigenvalue weighted by Crippen LogP contribution is 2.39. The smallest absolute Gasteiger partial charge is 0.343 e. The number of aromatic hydroxyl groups is 3. The molecule has 25 heavy (non-hydrogen) atoms. The van der Waals surface area contributed by atoms with Gasteiger partial charge in [-0.05, 0) is 34.6 Å². The van der Waals surface area contributed by atoms with Gasteiger partial charge >= 0.3 is 11.9 Å². The van der Waals surface area contributed by atoms with Crippen molar-refractivity contribution < 1.29 is 34.8 Å². The molecule has 0 aliphatic rings. The van der Waals surface area contributed by atoms with Gasteiger partial charge in [-0.15, -0.1) is 9.81 Å². The van der Waals surface area contributed by atoms with Gasteiger partial charge in [-0.2, -0.15) is 0 Å². The van der Waals surface area contributed by atoms with E-state index in [9.17, 15) is 34.7 Å². The number of hydrogen-bond acceptors (Lipinski definition) is 10. The SMILES string of the molecule is O=Nc1cc(C(=O)Oc2cc(C(=O)O)cc(O)c2O)cc(O)c1N=O. The van der Waals surface area contributed by atoms with Crippen LogP contribution in [0.1, 0.15) is 20.7 Å². The lowest BCUT2D eigenvalue weighted by atomic mass is 10.1. The number of ether oxygens (including phenoxy) is 1. The van der Waals surface area contributed by atoms with Gasteiger partial charge in [0.2, 0.25) is 5.75 Å². The quantitative estimate of drug-likeness (QED) is 0.273. The monoisotopic (exact) mass is 348 g/mol. The Morgan fingerprint density at radius 1 is 0.880 bits per heavy atom. The number of nitrogens with zero attached hydrogens (tertiary/aromatic N) is 2. The number of rotatable bonds is 5. The number of phenolic OH excluding ortho intramolecular Hbond substituents is 3. The largest absolute Gasteiger partial charge is 0.505 e. The standard InChI is InChI=1S/C14H8N2O9/c17-8-3-6(1-7(15-23)11(8)16-24)14(22)25-10-4-5(13(20)21)2-9(18)12(10)19/h1-4,17-19H,(H,20,21). The number of carboxylic acid groups (broad SMARTS) is 1. The first-order chi connectivity index (χ1) is 11.8. The van der Waals surface area contributed by atoms with E-state index in [1.54, 1.807) is 0 Å². The Bertz CT molecular complexity index is 908. The van der Waals surface area contributed by atoms with Crippen molar-refractivity contribution in [2.75, 3.05) is 0 Å². The Labute approximate surface area is 137 Å². The molecule has 0 unspecified atom stereocenters. The zero-order chi connectivity index (χ0) is 18.7. The van der Waals surface area contributed by atoms with Crippen LogP contribution in [-0.2, 0) is 0 Å². The molecule has 0 spiro atoms. The normalized spacial score (nSPS) is 10.1. The summed E-state index contributed by atoms with van der Waals surface area (Å²) in [4.78, 5) is 44.1. The third-order valence-corrected chi connectivity index (χ3v) is 3.00. The minimum Gasteiger partial charge on any atom is -0.505 e. The van der Waals surface area contributed by atoms with Crippen LogP contribution in [0.3, 0.4) is 0 Å². The molecule has 0 fully saturated rings. The molecule has 0 aliphatic heterocycles. The number of benzene rings is 2. The molecular formula is C14H8N2O9. The number of phenols is 3. The van der Waals surface area contributed by atoms with Crippen LogP contribution in [0.4, 0.5) is 11.4 Å². The fraction of sp³-hybridized carbons (Fsp3) is 0. The minimum atomic E-state index is -1.46. The molecule has 0 saturated heterocycles. The van der Waals surface area contributed by atoms with Gasteiger partial charge in [-0.25, -0.2) is 9.59 Å². The average molecular weight is 348 g/mol. The molecule has 11 nitrogen and oxygen atoms in total. The Balaban J connectivity index is 2.44. The topological polar surface area (TPSA) is 183 Å². The highest BCUT2D eigenvalue weighted by atomic mass is 16.5. The van der Waals surface area contributed by atoms with E-state index in [-0.39, 0.29) is 0 Å². The Kier molecular flexibility index (Phi) is 4.59. The summed E-state index contributed by atoms with van der Waals surface area (Å²) < 4.78 is 4.76. The molecule has 0 aliphatic carbocycles. The number of hydrogen-bond donors (Lipinski definition) is 4. The van der Waals surface area contributed by atoms with Gasteiger partial charge in [0.15, 0.2) is 17.2 Å². The van der Waals surface area contributed by atoms with Crippen molar-refractivity contribution in [2.24, 2.45) is 10.4 Å². The molecule has 0 heterocycles. The zero-order valence-electron chi connectivity index (χ0n) is 12.0. The van der Waals surface area contributed by atoms with E-state index in [0.29, 0.717) is 0 Å². The minimum absolute atomic E-state index is 0.445. The van der Waals surface area contributed by atoms with E-state index in [1.165, 1.54) is 0 Å². The number of carboxylic acids is 1. The molecule has 0 aromatic heterocycles. The molecule has 128 valence electrons. The van der Waals surface area contributed by atoms with Crippen molar-refractivity contribution >= 4 is 23.3 Å². The van der Waals surface area contributed by atoms with Crippen molar-refractivity contribution in [3.05, 3.63) is 45.2 Å². The van der Waals surface area contributed by atoms with E-state index in [2.05, 4.69) is 10.4 Å². The number of nitroso groups, excluding NO2 is 2. The highest BCUT2D eigenvalue weighted by molar-refractivity contribution is 5.95. The van der Waals surface area contributed by atoms with E-state index < -0.39 is 57.4 Å². The summed E-state index contributed by atoms with van der Waals surface area (Å²) in [6.45, 7) is 0. The molecular weight excluding hydrogens is 340 g/mol. The summed E-state index contributed by atoms with van der Waals surface area (Å²) in [5.74, 6) is -5.94. The first-order valence-corrected chi connectivity index (χ1v) is 6.33. The lowest BCUT2D eigenvalue weighted by molar-refractivity contribution is 0.0685. The van der Waals surface area contributed by atoms with Crippen LogP contribution >= 0.6 is 0 Å². The molecule has 0 amide bonds. The maximum Gasteiger partial charge on any atom is 0.343 e. The second kappa shape index (κ2) is 6.62. The fourth-order valence-electron chi connectivity index (χ4n) is 1.84. The first kappa shape index (κ1) is 17.3. The van der Waals surface area contributed by atoms with Gasteiger partial charge in [0.1, 0.15) is 11.4 Å². The van der Waals surface area contributed by atoms with E-state index in [0.717, 1.165) is 24.3 Å². The molecule has 2 rings (SSSR count). The zero-order valence-corrected chi connectivity index (χ0v) is 12.0. The summed E-state index contributed by atoms with van der Waals surface area (Å²) in [5, 5.41) is 42.4. The van der Waals surface area contributed by atoms with Crippen LogP contribution in [0.5, 0.6) is 23.0 Å². The van der Waals surface area contributed by atoms with Crippen LogP contribution in [0.25, 0.3) is 0 Å². The van der Waals surface area contributed by atoms with Gasteiger partial charge in [-0.1, -0.05) is 0 Å². The molecule has 2 aromatic carbocycles. The third-order valence-electron chi connectivity index (χ3n) is 3.00. The Morgan fingerprint density at radius 2 is 1.52 bits per heavy atom. The van der Waals surface area contributed by atoms with Gasteiger partial charge in [0, 0.05) is 0 Å². The van der Waals surface area contributed by atoms with Crippen LogP contribution in [-0.4, -0.2) is 32.4 Å². The summed E-state index contributed by atoms with van der Waals surface area (Å²) in [7, 11) is 0. The predicted molar refractivity (Wildman–Crippen MR) is 80.7 cm³/mol. The lowest BCUT2D eigenvalue weighted by Gasteiger charge is -2.09. The van der Waals surface area contributed by atoms with Crippen LogP contribution < -0.4 is 4.74 Å².